The van der Waals surface area contributed by atoms with Crippen molar-refractivity contribution in [1.29, 1.82) is 0 Å². The molecule has 0 spiro atoms. The first-order valence-corrected chi connectivity index (χ1v) is 5.52. The van der Waals surface area contributed by atoms with E-state index in [1.165, 1.54) is 0 Å². The predicted molar refractivity (Wildman–Crippen MR) is 61.5 cm³/mol. The molecule has 3 atom stereocenters. The van der Waals surface area contributed by atoms with Crippen molar-refractivity contribution < 1.29 is 9.53 Å². The zero-order valence-corrected chi connectivity index (χ0v) is 10.2. The number of nitrogens with one attached hydrogen (secondary N) is 1. The Morgan fingerprint density at radius 3 is 2.47 bits per heavy atom. The van der Waals surface area contributed by atoms with Gasteiger partial charge < -0.3 is 15.8 Å². The summed E-state index contributed by atoms with van der Waals surface area (Å²) in [5, 5.41) is 2.65. The average Bonchev–Trinajstić information content (AvgIpc) is 2.25. The van der Waals surface area contributed by atoms with E-state index in [9.17, 15) is 4.79 Å². The highest BCUT2D eigenvalue weighted by molar-refractivity contribution is 5.78. The van der Waals surface area contributed by atoms with Crippen molar-refractivity contribution >= 4 is 5.91 Å². The van der Waals surface area contributed by atoms with Gasteiger partial charge in [-0.3, -0.25) is 4.79 Å². The van der Waals surface area contributed by atoms with Crippen LogP contribution in [0.5, 0.6) is 0 Å². The summed E-state index contributed by atoms with van der Waals surface area (Å²) in [4.78, 5) is 11.5. The van der Waals surface area contributed by atoms with Crippen LogP contribution in [-0.2, 0) is 9.53 Å². The highest BCUT2D eigenvalue weighted by Crippen LogP contribution is 2.20. The summed E-state index contributed by atoms with van der Waals surface area (Å²) < 4.78 is 5.39. The number of hydrogen-bond acceptors (Lipinski definition) is 3. The lowest BCUT2D eigenvalue weighted by atomic mass is 9.89. The second kappa shape index (κ2) is 7.65. The molecule has 0 aromatic carbocycles. The van der Waals surface area contributed by atoms with Crippen LogP contribution in [0.1, 0.15) is 26.7 Å². The van der Waals surface area contributed by atoms with Crippen LogP contribution in [0.25, 0.3) is 0 Å². The minimum Gasteiger partial charge on any atom is -0.380 e. The number of methoxy groups -OCH3 is 1. The molecule has 0 saturated carbocycles. The van der Waals surface area contributed by atoms with E-state index in [1.807, 2.05) is 6.92 Å². The van der Waals surface area contributed by atoms with Crippen molar-refractivity contribution in [2.45, 2.75) is 32.8 Å². The number of carbonyl (C=O) groups excluding carboxylic acids is 1. The van der Waals surface area contributed by atoms with Gasteiger partial charge >= 0.3 is 0 Å². The zero-order chi connectivity index (χ0) is 11.8. The van der Waals surface area contributed by atoms with Gasteiger partial charge in [0.25, 0.3) is 0 Å². The van der Waals surface area contributed by atoms with Gasteiger partial charge in [-0.15, -0.1) is 0 Å². The highest BCUT2D eigenvalue weighted by atomic mass is 16.5. The van der Waals surface area contributed by atoms with Gasteiger partial charge in [0.05, 0.1) is 12.0 Å². The first-order valence-electron chi connectivity index (χ1n) is 5.52. The SMILES string of the molecule is CNC(=O)C(C)C(OC)C(C)CCCN. The monoisotopic (exact) mass is 216 g/mol. The Bertz CT molecular complexity index is 185. The van der Waals surface area contributed by atoms with Gasteiger partial charge in [-0.1, -0.05) is 13.8 Å². The maximum absolute atomic E-state index is 11.5. The second-order valence-corrected chi connectivity index (χ2v) is 4.01. The van der Waals surface area contributed by atoms with E-state index >= 15 is 0 Å². The van der Waals surface area contributed by atoms with Crippen LogP contribution in [0.4, 0.5) is 0 Å². The Labute approximate surface area is 92.6 Å². The quantitative estimate of drug-likeness (QED) is 0.660. The standard InChI is InChI=1S/C11H24N2O2/c1-8(6-5-7-12)10(15-4)9(2)11(14)13-3/h8-10H,5-7,12H2,1-4H3,(H,13,14). The van der Waals surface area contributed by atoms with E-state index in [0.29, 0.717) is 12.5 Å². The Morgan fingerprint density at radius 1 is 1.47 bits per heavy atom. The molecule has 0 heterocycles. The predicted octanol–water partition coefficient (Wildman–Crippen LogP) is 0.759. The average molecular weight is 216 g/mol. The van der Waals surface area contributed by atoms with Crippen molar-refractivity contribution in [2.24, 2.45) is 17.6 Å². The largest absolute Gasteiger partial charge is 0.380 e. The smallest absolute Gasteiger partial charge is 0.225 e. The summed E-state index contributed by atoms with van der Waals surface area (Å²) in [6, 6.07) is 0. The Kier molecular flexibility index (Phi) is 7.34. The van der Waals surface area contributed by atoms with Gasteiger partial charge in [0.2, 0.25) is 5.91 Å². The molecule has 0 aliphatic heterocycles. The van der Waals surface area contributed by atoms with Crippen LogP contribution in [-0.4, -0.2) is 32.7 Å². The number of amides is 1. The maximum Gasteiger partial charge on any atom is 0.225 e. The number of carbonyl (C=O) groups is 1. The fourth-order valence-corrected chi connectivity index (χ4v) is 1.91. The number of rotatable bonds is 7. The minimum atomic E-state index is -0.118. The van der Waals surface area contributed by atoms with E-state index in [0.717, 1.165) is 12.8 Å². The minimum absolute atomic E-state index is 0.0291. The van der Waals surface area contributed by atoms with Crippen LogP contribution in [0, 0.1) is 11.8 Å². The molecule has 0 saturated heterocycles. The fourth-order valence-electron chi connectivity index (χ4n) is 1.91. The number of hydrogen-bond donors (Lipinski definition) is 2. The molecule has 0 aromatic heterocycles. The van der Waals surface area contributed by atoms with Crippen molar-refractivity contribution in [2.75, 3.05) is 20.7 Å². The lowest BCUT2D eigenvalue weighted by Gasteiger charge is -2.27. The van der Waals surface area contributed by atoms with Crippen molar-refractivity contribution in [3.05, 3.63) is 0 Å². The normalized spacial score (nSPS) is 16.9. The third-order valence-corrected chi connectivity index (χ3v) is 2.85. The van der Waals surface area contributed by atoms with Crippen molar-refractivity contribution in [3.8, 4) is 0 Å². The van der Waals surface area contributed by atoms with Gasteiger partial charge in [-0.25, -0.2) is 0 Å². The molecule has 0 rings (SSSR count). The molecule has 3 N–H and O–H groups in total. The van der Waals surface area contributed by atoms with Gasteiger partial charge in [0.1, 0.15) is 0 Å². The van der Waals surface area contributed by atoms with Gasteiger partial charge in [0, 0.05) is 14.2 Å². The summed E-state index contributed by atoms with van der Waals surface area (Å²) in [5.41, 5.74) is 5.46. The Balaban J connectivity index is 4.26. The molecule has 0 fully saturated rings. The number of ether oxygens (including phenoxy) is 1. The molecule has 4 heteroatoms. The van der Waals surface area contributed by atoms with E-state index in [4.69, 9.17) is 10.5 Å². The third kappa shape index (κ3) is 4.62. The fraction of sp³-hybridized carbons (Fsp3) is 0.909. The van der Waals surface area contributed by atoms with Crippen molar-refractivity contribution in [3.63, 3.8) is 0 Å². The van der Waals surface area contributed by atoms with E-state index < -0.39 is 0 Å². The topological polar surface area (TPSA) is 64.3 Å². The molecular weight excluding hydrogens is 192 g/mol. The summed E-state index contributed by atoms with van der Waals surface area (Å²) in [6.45, 7) is 4.68. The van der Waals surface area contributed by atoms with Crippen LogP contribution in [0.2, 0.25) is 0 Å². The molecule has 0 aliphatic carbocycles. The highest BCUT2D eigenvalue weighted by Gasteiger charge is 2.27. The maximum atomic E-state index is 11.5. The lowest BCUT2D eigenvalue weighted by Crippen LogP contribution is -2.38. The van der Waals surface area contributed by atoms with E-state index in [1.54, 1.807) is 14.2 Å². The zero-order valence-electron chi connectivity index (χ0n) is 10.2. The summed E-state index contributed by atoms with van der Waals surface area (Å²) in [5.74, 6) is 0.264. The van der Waals surface area contributed by atoms with E-state index in [-0.39, 0.29) is 17.9 Å². The summed E-state index contributed by atoms with van der Waals surface area (Å²) >= 11 is 0. The molecule has 0 bridgehead atoms. The van der Waals surface area contributed by atoms with Crippen LogP contribution in [0.3, 0.4) is 0 Å². The van der Waals surface area contributed by atoms with Crippen LogP contribution < -0.4 is 11.1 Å². The van der Waals surface area contributed by atoms with Gasteiger partial charge in [-0.2, -0.15) is 0 Å². The van der Waals surface area contributed by atoms with E-state index in [2.05, 4.69) is 12.2 Å². The number of nitrogens with two attached hydrogens (primary N) is 1. The Hall–Kier alpha value is -0.610. The van der Waals surface area contributed by atoms with Crippen molar-refractivity contribution in [1.82, 2.24) is 5.32 Å². The molecule has 90 valence electrons. The molecule has 3 unspecified atom stereocenters. The molecule has 0 aliphatic rings. The van der Waals surface area contributed by atoms with Crippen LogP contribution >= 0.6 is 0 Å². The molecular formula is C11H24N2O2. The molecule has 1 amide bonds. The molecule has 15 heavy (non-hydrogen) atoms. The second-order valence-electron chi connectivity index (χ2n) is 4.01. The Morgan fingerprint density at radius 2 is 2.07 bits per heavy atom. The van der Waals surface area contributed by atoms with Crippen LogP contribution in [0.15, 0.2) is 0 Å². The molecule has 4 nitrogen and oxygen atoms in total. The third-order valence-electron chi connectivity index (χ3n) is 2.85. The van der Waals surface area contributed by atoms with Gasteiger partial charge in [0.15, 0.2) is 0 Å². The molecule has 0 aromatic rings. The lowest BCUT2D eigenvalue weighted by molar-refractivity contribution is -0.129. The first-order chi connectivity index (χ1) is 7.08. The summed E-state index contributed by atoms with van der Waals surface area (Å²) in [7, 11) is 3.30. The summed E-state index contributed by atoms with van der Waals surface area (Å²) in [6.07, 6.45) is 1.94. The van der Waals surface area contributed by atoms with Gasteiger partial charge in [-0.05, 0) is 25.3 Å². The molecule has 0 radical (unpaired) electrons. The first kappa shape index (κ1) is 14.4.